The Hall–Kier alpha value is -1.50. The van der Waals surface area contributed by atoms with Crippen molar-refractivity contribution in [3.63, 3.8) is 0 Å². The Balaban J connectivity index is 2.10. The van der Waals surface area contributed by atoms with E-state index in [0.29, 0.717) is 11.6 Å². The predicted molar refractivity (Wildman–Crippen MR) is 72.4 cm³/mol. The lowest BCUT2D eigenvalue weighted by Crippen LogP contribution is -2.22. The highest BCUT2D eigenvalue weighted by Crippen LogP contribution is 2.23. The van der Waals surface area contributed by atoms with Crippen LogP contribution in [0.3, 0.4) is 0 Å². The van der Waals surface area contributed by atoms with Gasteiger partial charge >= 0.3 is 0 Å². The smallest absolute Gasteiger partial charge is 0.142 e. The van der Waals surface area contributed by atoms with Crippen molar-refractivity contribution in [2.24, 2.45) is 7.05 Å². The van der Waals surface area contributed by atoms with Gasteiger partial charge in [-0.05, 0) is 19.8 Å². The van der Waals surface area contributed by atoms with Gasteiger partial charge in [0.1, 0.15) is 17.5 Å². The number of nitrogens with one attached hydrogen (secondary N) is 1. The Bertz CT molecular complexity index is 433. The molecular weight excluding hydrogens is 224 g/mol. The lowest BCUT2D eigenvalue weighted by molar-refractivity contribution is 0.469. The number of rotatable bonds is 2. The quantitative estimate of drug-likeness (QED) is 0.872. The van der Waals surface area contributed by atoms with Gasteiger partial charge in [-0.25, -0.2) is 0 Å². The van der Waals surface area contributed by atoms with Crippen LogP contribution in [-0.4, -0.2) is 15.8 Å². The summed E-state index contributed by atoms with van der Waals surface area (Å²) in [6.07, 6.45) is 9.04. The molecule has 1 heterocycles. The third-order valence-electron chi connectivity index (χ3n) is 3.78. The highest BCUT2D eigenvalue weighted by molar-refractivity contribution is 5.55. The first kappa shape index (κ1) is 12.9. The van der Waals surface area contributed by atoms with E-state index >= 15 is 0 Å². The first-order valence-electron chi connectivity index (χ1n) is 6.92. The van der Waals surface area contributed by atoms with Gasteiger partial charge < -0.3 is 5.32 Å². The molecule has 1 aliphatic carbocycles. The minimum Gasteiger partial charge on any atom is -0.366 e. The molecule has 0 amide bonds. The second-order valence-corrected chi connectivity index (χ2v) is 5.23. The van der Waals surface area contributed by atoms with E-state index < -0.39 is 0 Å². The minimum atomic E-state index is 0.493. The SMILES string of the molecule is Cc1nn(C)c(NC2CCCCCCC2)c1C#N. The maximum Gasteiger partial charge on any atom is 0.142 e. The van der Waals surface area contributed by atoms with Crippen LogP contribution >= 0.6 is 0 Å². The Morgan fingerprint density at radius 2 is 1.83 bits per heavy atom. The zero-order chi connectivity index (χ0) is 13.0. The second kappa shape index (κ2) is 5.90. The summed E-state index contributed by atoms with van der Waals surface area (Å²) in [6, 6.07) is 2.75. The molecule has 1 N–H and O–H groups in total. The van der Waals surface area contributed by atoms with Crippen molar-refractivity contribution in [3.8, 4) is 6.07 Å². The molecule has 0 radical (unpaired) electrons. The number of nitrogens with zero attached hydrogens (tertiary/aromatic N) is 3. The molecule has 1 fully saturated rings. The summed E-state index contributed by atoms with van der Waals surface area (Å²) in [5.74, 6) is 0.889. The maximum absolute atomic E-state index is 9.20. The van der Waals surface area contributed by atoms with E-state index in [0.717, 1.165) is 11.5 Å². The van der Waals surface area contributed by atoms with Crippen molar-refractivity contribution in [2.75, 3.05) is 5.32 Å². The largest absolute Gasteiger partial charge is 0.366 e. The van der Waals surface area contributed by atoms with Crippen molar-refractivity contribution in [2.45, 2.75) is 57.9 Å². The molecule has 0 aromatic carbocycles. The number of aromatic nitrogens is 2. The number of anilines is 1. The lowest BCUT2D eigenvalue weighted by atomic mass is 9.96. The normalized spacial score (nSPS) is 17.8. The fraction of sp³-hybridized carbons (Fsp3) is 0.714. The Labute approximate surface area is 109 Å². The van der Waals surface area contributed by atoms with E-state index in [-0.39, 0.29) is 0 Å². The molecule has 1 aromatic heterocycles. The molecule has 98 valence electrons. The van der Waals surface area contributed by atoms with Crippen LogP contribution < -0.4 is 5.32 Å². The van der Waals surface area contributed by atoms with Crippen LogP contribution in [0.2, 0.25) is 0 Å². The Morgan fingerprint density at radius 1 is 1.22 bits per heavy atom. The first-order chi connectivity index (χ1) is 8.72. The van der Waals surface area contributed by atoms with Gasteiger partial charge in [-0.1, -0.05) is 32.1 Å². The molecule has 0 bridgehead atoms. The molecule has 4 nitrogen and oxygen atoms in total. The van der Waals surface area contributed by atoms with Crippen LogP contribution in [0, 0.1) is 18.3 Å². The van der Waals surface area contributed by atoms with E-state index in [1.807, 2.05) is 14.0 Å². The van der Waals surface area contributed by atoms with Gasteiger partial charge in [0, 0.05) is 13.1 Å². The second-order valence-electron chi connectivity index (χ2n) is 5.23. The molecule has 0 saturated heterocycles. The van der Waals surface area contributed by atoms with E-state index in [4.69, 9.17) is 0 Å². The summed E-state index contributed by atoms with van der Waals surface area (Å²) < 4.78 is 1.80. The van der Waals surface area contributed by atoms with Gasteiger partial charge in [-0.2, -0.15) is 10.4 Å². The summed E-state index contributed by atoms with van der Waals surface area (Å²) in [6.45, 7) is 1.89. The Morgan fingerprint density at radius 3 is 2.44 bits per heavy atom. The summed E-state index contributed by atoms with van der Waals surface area (Å²) in [5, 5.41) is 17.1. The highest BCUT2D eigenvalue weighted by atomic mass is 15.3. The van der Waals surface area contributed by atoms with E-state index in [1.54, 1.807) is 4.68 Å². The standard InChI is InChI=1S/C14H22N4/c1-11-13(10-15)14(18(2)17-11)16-12-8-6-4-3-5-7-9-12/h12,16H,3-9H2,1-2H3. The van der Waals surface area contributed by atoms with E-state index in [9.17, 15) is 5.26 Å². The number of aryl methyl sites for hydroxylation is 2. The zero-order valence-electron chi connectivity index (χ0n) is 11.4. The molecule has 0 aliphatic heterocycles. The maximum atomic E-state index is 9.20. The van der Waals surface area contributed by atoms with E-state index in [2.05, 4.69) is 16.5 Å². The topological polar surface area (TPSA) is 53.6 Å². The van der Waals surface area contributed by atoms with Crippen molar-refractivity contribution in [3.05, 3.63) is 11.3 Å². The van der Waals surface area contributed by atoms with Crippen molar-refractivity contribution < 1.29 is 0 Å². The van der Waals surface area contributed by atoms with Crippen LogP contribution in [-0.2, 0) is 7.05 Å². The fourth-order valence-corrected chi connectivity index (χ4v) is 2.75. The minimum absolute atomic E-state index is 0.493. The van der Waals surface area contributed by atoms with Crippen LogP contribution in [0.1, 0.15) is 56.2 Å². The monoisotopic (exact) mass is 246 g/mol. The molecule has 1 aliphatic rings. The predicted octanol–water partition coefficient (Wildman–Crippen LogP) is 3.13. The molecule has 1 aromatic rings. The highest BCUT2D eigenvalue weighted by Gasteiger charge is 2.17. The molecule has 18 heavy (non-hydrogen) atoms. The van der Waals surface area contributed by atoms with Gasteiger partial charge in [-0.15, -0.1) is 0 Å². The lowest BCUT2D eigenvalue weighted by Gasteiger charge is -2.22. The number of hydrogen-bond acceptors (Lipinski definition) is 3. The molecule has 0 spiro atoms. The van der Waals surface area contributed by atoms with Crippen LogP contribution in [0.15, 0.2) is 0 Å². The van der Waals surface area contributed by atoms with Crippen molar-refractivity contribution in [1.29, 1.82) is 5.26 Å². The van der Waals surface area contributed by atoms with Crippen LogP contribution in [0.5, 0.6) is 0 Å². The average Bonchev–Trinajstić information content (AvgIpc) is 2.56. The van der Waals surface area contributed by atoms with E-state index in [1.165, 1.54) is 44.9 Å². The summed E-state index contributed by atoms with van der Waals surface area (Å²) in [7, 11) is 1.90. The van der Waals surface area contributed by atoms with Gasteiger partial charge in [0.2, 0.25) is 0 Å². The fourth-order valence-electron chi connectivity index (χ4n) is 2.75. The summed E-state index contributed by atoms with van der Waals surface area (Å²) in [5.41, 5.74) is 1.51. The third-order valence-corrected chi connectivity index (χ3v) is 3.78. The number of nitriles is 1. The van der Waals surface area contributed by atoms with Gasteiger partial charge in [0.25, 0.3) is 0 Å². The third kappa shape index (κ3) is 2.84. The van der Waals surface area contributed by atoms with Gasteiger partial charge in [0.15, 0.2) is 0 Å². The molecule has 0 atom stereocenters. The van der Waals surface area contributed by atoms with Crippen LogP contribution in [0.4, 0.5) is 5.82 Å². The summed E-state index contributed by atoms with van der Waals surface area (Å²) in [4.78, 5) is 0. The number of hydrogen-bond donors (Lipinski definition) is 1. The van der Waals surface area contributed by atoms with Crippen LogP contribution in [0.25, 0.3) is 0 Å². The first-order valence-corrected chi connectivity index (χ1v) is 6.92. The molecule has 4 heteroatoms. The van der Waals surface area contributed by atoms with Gasteiger partial charge in [0.05, 0.1) is 5.69 Å². The summed E-state index contributed by atoms with van der Waals surface area (Å²) >= 11 is 0. The molecular formula is C14H22N4. The molecule has 0 unspecified atom stereocenters. The van der Waals surface area contributed by atoms with Gasteiger partial charge in [-0.3, -0.25) is 4.68 Å². The Kier molecular flexibility index (Phi) is 4.24. The zero-order valence-corrected chi connectivity index (χ0v) is 11.4. The molecule has 1 saturated carbocycles. The average molecular weight is 246 g/mol. The molecule has 2 rings (SSSR count). The van der Waals surface area contributed by atoms with Crippen molar-refractivity contribution >= 4 is 5.82 Å². The van der Waals surface area contributed by atoms with Crippen molar-refractivity contribution in [1.82, 2.24) is 9.78 Å².